The molecule has 0 bridgehead atoms. The number of nitrogens with zero attached hydrogens (tertiary/aromatic N) is 1. The second kappa shape index (κ2) is 5.93. The van der Waals surface area contributed by atoms with Gasteiger partial charge in [0.05, 0.1) is 18.9 Å². The van der Waals surface area contributed by atoms with Crippen molar-refractivity contribution in [2.24, 2.45) is 0 Å². The summed E-state index contributed by atoms with van der Waals surface area (Å²) in [6.07, 6.45) is 1.18. The van der Waals surface area contributed by atoms with E-state index in [4.69, 9.17) is 4.74 Å². The Morgan fingerprint density at radius 1 is 1.53 bits per heavy atom. The SMILES string of the molecule is COc1cc(C)ccc1NC(=O)N1CCCC(O)C1. The summed E-state index contributed by atoms with van der Waals surface area (Å²) < 4.78 is 5.25. The summed E-state index contributed by atoms with van der Waals surface area (Å²) >= 11 is 0. The molecule has 1 unspecified atom stereocenters. The van der Waals surface area contributed by atoms with Crippen molar-refractivity contribution in [3.8, 4) is 5.75 Å². The molecule has 0 aromatic heterocycles. The van der Waals surface area contributed by atoms with Crippen LogP contribution in [0.2, 0.25) is 0 Å². The van der Waals surface area contributed by atoms with E-state index in [2.05, 4.69) is 5.32 Å². The van der Waals surface area contributed by atoms with Crippen LogP contribution in [-0.2, 0) is 0 Å². The Morgan fingerprint density at radius 2 is 2.32 bits per heavy atom. The van der Waals surface area contributed by atoms with Gasteiger partial charge in [0.25, 0.3) is 0 Å². The lowest BCUT2D eigenvalue weighted by Gasteiger charge is -2.30. The molecule has 1 fully saturated rings. The maximum Gasteiger partial charge on any atom is 0.322 e. The fourth-order valence-corrected chi connectivity index (χ4v) is 2.24. The number of nitrogens with one attached hydrogen (secondary N) is 1. The van der Waals surface area contributed by atoms with E-state index in [1.54, 1.807) is 12.0 Å². The first-order chi connectivity index (χ1) is 9.10. The molecular formula is C14H20N2O3. The number of hydrogen-bond acceptors (Lipinski definition) is 3. The fourth-order valence-electron chi connectivity index (χ4n) is 2.24. The Hall–Kier alpha value is -1.75. The molecule has 0 radical (unpaired) electrons. The highest BCUT2D eigenvalue weighted by Crippen LogP contribution is 2.25. The molecule has 1 aliphatic heterocycles. The lowest BCUT2D eigenvalue weighted by Crippen LogP contribution is -2.44. The minimum Gasteiger partial charge on any atom is -0.495 e. The van der Waals surface area contributed by atoms with Crippen molar-refractivity contribution in [3.63, 3.8) is 0 Å². The molecule has 0 saturated carbocycles. The van der Waals surface area contributed by atoms with Crippen molar-refractivity contribution in [3.05, 3.63) is 23.8 Å². The third kappa shape index (κ3) is 3.38. The molecule has 1 aliphatic rings. The molecule has 19 heavy (non-hydrogen) atoms. The van der Waals surface area contributed by atoms with E-state index in [9.17, 15) is 9.90 Å². The van der Waals surface area contributed by atoms with Crippen LogP contribution >= 0.6 is 0 Å². The largest absolute Gasteiger partial charge is 0.495 e. The molecule has 1 saturated heterocycles. The molecule has 1 aromatic carbocycles. The number of β-amino-alcohol motifs (C(OH)–C–C–N with tert-alkyl or cyclic N) is 1. The minimum atomic E-state index is -0.417. The zero-order valence-corrected chi connectivity index (χ0v) is 11.3. The molecule has 2 amide bonds. The number of piperidine rings is 1. The summed E-state index contributed by atoms with van der Waals surface area (Å²) in [5.41, 5.74) is 1.72. The first kappa shape index (κ1) is 13.7. The number of anilines is 1. The summed E-state index contributed by atoms with van der Waals surface area (Å²) in [5, 5.41) is 12.4. The second-order valence-electron chi connectivity index (χ2n) is 4.88. The number of aliphatic hydroxyl groups is 1. The van der Waals surface area contributed by atoms with Gasteiger partial charge in [-0.2, -0.15) is 0 Å². The van der Waals surface area contributed by atoms with Crippen molar-refractivity contribution in [2.45, 2.75) is 25.9 Å². The summed E-state index contributed by atoms with van der Waals surface area (Å²) in [7, 11) is 1.58. The quantitative estimate of drug-likeness (QED) is 0.858. The number of ether oxygens (including phenoxy) is 1. The lowest BCUT2D eigenvalue weighted by molar-refractivity contribution is 0.0883. The van der Waals surface area contributed by atoms with Crippen LogP contribution in [0.15, 0.2) is 18.2 Å². The van der Waals surface area contributed by atoms with Crippen molar-refractivity contribution >= 4 is 11.7 Å². The van der Waals surface area contributed by atoms with Gasteiger partial charge in [0.2, 0.25) is 0 Å². The van der Waals surface area contributed by atoms with Crippen molar-refractivity contribution < 1.29 is 14.6 Å². The van der Waals surface area contributed by atoms with Crippen LogP contribution < -0.4 is 10.1 Å². The average molecular weight is 264 g/mol. The number of carbonyl (C=O) groups excluding carboxylic acids is 1. The molecule has 5 nitrogen and oxygen atoms in total. The first-order valence-electron chi connectivity index (χ1n) is 6.49. The van der Waals surface area contributed by atoms with Gasteiger partial charge in [-0.15, -0.1) is 0 Å². The summed E-state index contributed by atoms with van der Waals surface area (Å²) in [5.74, 6) is 0.644. The minimum absolute atomic E-state index is 0.194. The standard InChI is InChI=1S/C14H20N2O3/c1-10-5-6-12(13(8-10)19-2)15-14(18)16-7-3-4-11(17)9-16/h5-6,8,11,17H,3-4,7,9H2,1-2H3,(H,15,18). The number of aliphatic hydroxyl groups excluding tert-OH is 1. The van der Waals surface area contributed by atoms with Crippen LogP contribution in [0.5, 0.6) is 5.75 Å². The monoisotopic (exact) mass is 264 g/mol. The van der Waals surface area contributed by atoms with Crippen LogP contribution in [0.25, 0.3) is 0 Å². The third-order valence-electron chi connectivity index (χ3n) is 3.28. The topological polar surface area (TPSA) is 61.8 Å². The second-order valence-corrected chi connectivity index (χ2v) is 4.88. The fraction of sp³-hybridized carbons (Fsp3) is 0.500. The Morgan fingerprint density at radius 3 is 3.00 bits per heavy atom. The maximum atomic E-state index is 12.1. The van der Waals surface area contributed by atoms with Crippen LogP contribution in [0.3, 0.4) is 0 Å². The Balaban J connectivity index is 2.06. The van der Waals surface area contributed by atoms with E-state index in [0.717, 1.165) is 18.4 Å². The van der Waals surface area contributed by atoms with Crippen LogP contribution in [-0.4, -0.2) is 42.3 Å². The Bertz CT molecular complexity index is 462. The first-order valence-corrected chi connectivity index (χ1v) is 6.49. The molecule has 2 rings (SSSR count). The highest BCUT2D eigenvalue weighted by molar-refractivity contribution is 5.91. The van der Waals surface area contributed by atoms with Gasteiger partial charge in [0.1, 0.15) is 5.75 Å². The smallest absolute Gasteiger partial charge is 0.322 e. The summed E-state index contributed by atoms with van der Waals surface area (Å²) in [6.45, 7) is 3.03. The third-order valence-corrected chi connectivity index (χ3v) is 3.28. The molecule has 0 aliphatic carbocycles. The zero-order valence-electron chi connectivity index (χ0n) is 11.3. The van der Waals surface area contributed by atoms with Gasteiger partial charge in [0, 0.05) is 13.1 Å². The van der Waals surface area contributed by atoms with E-state index in [1.165, 1.54) is 0 Å². The van der Waals surface area contributed by atoms with Crippen molar-refractivity contribution in [1.29, 1.82) is 0 Å². The molecule has 104 valence electrons. The van der Waals surface area contributed by atoms with E-state index < -0.39 is 6.10 Å². The molecule has 2 N–H and O–H groups in total. The average Bonchev–Trinajstić information content (AvgIpc) is 2.40. The number of aryl methyl sites for hydroxylation is 1. The summed E-state index contributed by atoms with van der Waals surface area (Å²) in [4.78, 5) is 13.7. The van der Waals surface area contributed by atoms with Crippen molar-refractivity contribution in [1.82, 2.24) is 4.90 Å². The van der Waals surface area contributed by atoms with E-state index in [-0.39, 0.29) is 6.03 Å². The molecule has 5 heteroatoms. The number of hydrogen-bond donors (Lipinski definition) is 2. The number of rotatable bonds is 2. The van der Waals surface area contributed by atoms with Gasteiger partial charge >= 0.3 is 6.03 Å². The normalized spacial score (nSPS) is 19.1. The van der Waals surface area contributed by atoms with Gasteiger partial charge in [-0.25, -0.2) is 4.79 Å². The van der Waals surface area contributed by atoms with Gasteiger partial charge in [-0.3, -0.25) is 0 Å². The zero-order chi connectivity index (χ0) is 13.8. The van der Waals surface area contributed by atoms with Crippen molar-refractivity contribution in [2.75, 3.05) is 25.5 Å². The number of likely N-dealkylation sites (tertiary alicyclic amines) is 1. The van der Waals surface area contributed by atoms with E-state index in [0.29, 0.717) is 24.5 Å². The molecular weight excluding hydrogens is 244 g/mol. The highest BCUT2D eigenvalue weighted by atomic mass is 16.5. The number of urea groups is 1. The predicted molar refractivity (Wildman–Crippen MR) is 73.6 cm³/mol. The molecule has 0 spiro atoms. The van der Waals surface area contributed by atoms with Crippen LogP contribution in [0.1, 0.15) is 18.4 Å². The Kier molecular flexibility index (Phi) is 4.27. The van der Waals surface area contributed by atoms with Gasteiger partial charge in [0.15, 0.2) is 0 Å². The molecule has 1 atom stereocenters. The van der Waals surface area contributed by atoms with E-state index in [1.807, 2.05) is 25.1 Å². The molecule has 1 aromatic rings. The Labute approximate surface area is 113 Å². The lowest BCUT2D eigenvalue weighted by atomic mass is 10.1. The maximum absolute atomic E-state index is 12.1. The van der Waals surface area contributed by atoms with Gasteiger partial charge in [-0.1, -0.05) is 6.07 Å². The van der Waals surface area contributed by atoms with Crippen LogP contribution in [0.4, 0.5) is 10.5 Å². The van der Waals surface area contributed by atoms with Gasteiger partial charge < -0.3 is 20.1 Å². The number of methoxy groups -OCH3 is 1. The summed E-state index contributed by atoms with van der Waals surface area (Å²) in [6, 6.07) is 5.43. The number of carbonyl (C=O) groups is 1. The number of amides is 2. The predicted octanol–water partition coefficient (Wildman–Crippen LogP) is 1.99. The van der Waals surface area contributed by atoms with Gasteiger partial charge in [-0.05, 0) is 37.5 Å². The van der Waals surface area contributed by atoms with E-state index >= 15 is 0 Å². The molecule has 1 heterocycles. The highest BCUT2D eigenvalue weighted by Gasteiger charge is 2.22. The number of benzene rings is 1. The van der Waals surface area contributed by atoms with Crippen LogP contribution in [0, 0.1) is 6.92 Å².